The second kappa shape index (κ2) is 8.41. The first-order chi connectivity index (χ1) is 11.8. The van der Waals surface area contributed by atoms with Gasteiger partial charge < -0.3 is 15.2 Å². The number of aliphatic carboxylic acids is 1. The average Bonchev–Trinajstić information content (AvgIpc) is 3.38. The summed E-state index contributed by atoms with van der Waals surface area (Å²) in [5, 5.41) is 11.7. The first-order valence-electron chi connectivity index (χ1n) is 7.96. The molecule has 1 fully saturated rings. The van der Waals surface area contributed by atoms with E-state index in [0.717, 1.165) is 12.8 Å². The van der Waals surface area contributed by atoms with Gasteiger partial charge in [-0.1, -0.05) is 18.9 Å². The molecule has 0 heterocycles. The number of rotatable bonds is 10. The van der Waals surface area contributed by atoms with Crippen LogP contribution in [0.2, 0.25) is 0 Å². The molecule has 3 N–H and O–H groups in total. The van der Waals surface area contributed by atoms with Crippen LogP contribution in [0.4, 0.5) is 0 Å². The Morgan fingerprint density at radius 3 is 2.68 bits per heavy atom. The molecule has 9 heteroatoms. The van der Waals surface area contributed by atoms with E-state index in [1.165, 1.54) is 31.4 Å². The number of carbonyl (C=O) groups is 2. The summed E-state index contributed by atoms with van der Waals surface area (Å²) in [5.41, 5.74) is 0.0941. The van der Waals surface area contributed by atoms with Gasteiger partial charge in [0.05, 0.1) is 11.5 Å². The summed E-state index contributed by atoms with van der Waals surface area (Å²) < 4.78 is 31.5. The molecule has 1 atom stereocenters. The van der Waals surface area contributed by atoms with Gasteiger partial charge in [0.25, 0.3) is 5.91 Å². The van der Waals surface area contributed by atoms with Gasteiger partial charge in [0.2, 0.25) is 10.0 Å². The number of hydrogen-bond acceptors (Lipinski definition) is 5. The molecule has 0 bridgehead atoms. The number of carboxylic acid groups (broad SMARTS) is 1. The summed E-state index contributed by atoms with van der Waals surface area (Å²) in [4.78, 5) is 23.5. The van der Waals surface area contributed by atoms with Crippen molar-refractivity contribution in [2.75, 3.05) is 20.3 Å². The van der Waals surface area contributed by atoms with Gasteiger partial charge in [-0.05, 0) is 30.5 Å². The quantitative estimate of drug-likeness (QED) is 0.518. The third-order valence-corrected chi connectivity index (χ3v) is 5.33. The number of sulfonamides is 1. The predicted molar refractivity (Wildman–Crippen MR) is 89.7 cm³/mol. The Hall–Kier alpha value is -1.97. The van der Waals surface area contributed by atoms with Crippen molar-refractivity contribution in [3.8, 4) is 0 Å². The number of ether oxygens (including phenoxy) is 1. The summed E-state index contributed by atoms with van der Waals surface area (Å²) in [7, 11) is -2.31. The van der Waals surface area contributed by atoms with E-state index in [0.29, 0.717) is 12.3 Å². The minimum atomic E-state index is -3.77. The Bertz CT molecular complexity index is 730. The predicted octanol–water partition coefficient (Wildman–Crippen LogP) is 0.594. The second-order valence-electron chi connectivity index (χ2n) is 5.96. The lowest BCUT2D eigenvalue weighted by atomic mass is 10.1. The standard InChI is InChI=1S/C16H22N2O6S/c1-24-8-7-17-25(22,23)13-4-2-3-12(10-13)15(19)18-14(16(20)21)9-11-5-6-11/h2-4,10-11,14,17H,5-9H2,1H3,(H,18,19)(H,20,21). The van der Waals surface area contributed by atoms with E-state index in [1.807, 2.05) is 0 Å². The lowest BCUT2D eigenvalue weighted by Crippen LogP contribution is -2.41. The van der Waals surface area contributed by atoms with Gasteiger partial charge in [-0.25, -0.2) is 17.9 Å². The van der Waals surface area contributed by atoms with Crippen LogP contribution in [-0.2, 0) is 19.6 Å². The third kappa shape index (κ3) is 5.80. The molecule has 0 spiro atoms. The lowest BCUT2D eigenvalue weighted by Gasteiger charge is -2.14. The maximum Gasteiger partial charge on any atom is 0.326 e. The van der Waals surface area contributed by atoms with E-state index < -0.39 is 27.9 Å². The zero-order valence-electron chi connectivity index (χ0n) is 13.9. The maximum absolute atomic E-state index is 12.3. The number of amides is 1. The fourth-order valence-corrected chi connectivity index (χ4v) is 3.37. The maximum atomic E-state index is 12.3. The van der Waals surface area contributed by atoms with Crippen LogP contribution in [0.3, 0.4) is 0 Å². The molecule has 1 saturated carbocycles. The summed E-state index contributed by atoms with van der Waals surface area (Å²) >= 11 is 0. The summed E-state index contributed by atoms with van der Waals surface area (Å²) in [6.45, 7) is 0.332. The SMILES string of the molecule is COCCNS(=O)(=O)c1cccc(C(=O)NC(CC2CC2)C(=O)O)c1. The van der Waals surface area contributed by atoms with Gasteiger partial charge in [0, 0.05) is 19.2 Å². The largest absolute Gasteiger partial charge is 0.480 e. The number of hydrogen-bond donors (Lipinski definition) is 3. The Morgan fingerprint density at radius 1 is 1.36 bits per heavy atom. The molecule has 1 unspecified atom stereocenters. The molecule has 0 aromatic heterocycles. The number of carbonyl (C=O) groups excluding carboxylic acids is 1. The Kier molecular flexibility index (Phi) is 6.51. The minimum Gasteiger partial charge on any atom is -0.480 e. The molecule has 2 rings (SSSR count). The van der Waals surface area contributed by atoms with Gasteiger partial charge in [0.1, 0.15) is 6.04 Å². The smallest absolute Gasteiger partial charge is 0.326 e. The van der Waals surface area contributed by atoms with Crippen molar-refractivity contribution in [3.05, 3.63) is 29.8 Å². The van der Waals surface area contributed by atoms with E-state index >= 15 is 0 Å². The van der Waals surface area contributed by atoms with Gasteiger partial charge in [-0.15, -0.1) is 0 Å². The summed E-state index contributed by atoms with van der Waals surface area (Å²) in [6, 6.07) is 4.50. The Labute approximate surface area is 146 Å². The highest BCUT2D eigenvalue weighted by Gasteiger charge is 2.30. The van der Waals surface area contributed by atoms with Crippen molar-refractivity contribution < 1.29 is 27.9 Å². The van der Waals surface area contributed by atoms with E-state index in [2.05, 4.69) is 10.0 Å². The molecule has 0 saturated heterocycles. The van der Waals surface area contributed by atoms with E-state index in [-0.39, 0.29) is 23.6 Å². The van der Waals surface area contributed by atoms with Crippen molar-refractivity contribution in [2.24, 2.45) is 5.92 Å². The first kappa shape index (κ1) is 19.4. The number of methoxy groups -OCH3 is 1. The molecule has 1 aliphatic carbocycles. The van der Waals surface area contributed by atoms with Crippen LogP contribution in [0.25, 0.3) is 0 Å². The Balaban J connectivity index is 2.08. The third-order valence-electron chi connectivity index (χ3n) is 3.87. The highest BCUT2D eigenvalue weighted by atomic mass is 32.2. The molecule has 8 nitrogen and oxygen atoms in total. The summed E-state index contributed by atoms with van der Waals surface area (Å²) in [6.07, 6.45) is 2.33. The molecule has 1 aromatic carbocycles. The van der Waals surface area contributed by atoms with Crippen LogP contribution < -0.4 is 10.0 Å². The average molecular weight is 370 g/mol. The fraction of sp³-hybridized carbons (Fsp3) is 0.500. The van der Waals surface area contributed by atoms with Crippen molar-refractivity contribution >= 4 is 21.9 Å². The highest BCUT2D eigenvalue weighted by molar-refractivity contribution is 7.89. The second-order valence-corrected chi connectivity index (χ2v) is 7.73. The van der Waals surface area contributed by atoms with E-state index in [9.17, 15) is 23.1 Å². The number of nitrogens with one attached hydrogen (secondary N) is 2. The lowest BCUT2D eigenvalue weighted by molar-refractivity contribution is -0.139. The topological polar surface area (TPSA) is 122 Å². The number of carboxylic acids is 1. The van der Waals surface area contributed by atoms with Crippen LogP contribution in [0.5, 0.6) is 0 Å². The normalized spacial score (nSPS) is 15.6. The molecule has 1 amide bonds. The molecule has 1 aliphatic rings. The van der Waals surface area contributed by atoms with Crippen LogP contribution in [-0.4, -0.2) is 51.7 Å². The van der Waals surface area contributed by atoms with Gasteiger partial charge in [-0.3, -0.25) is 4.79 Å². The molecular weight excluding hydrogens is 348 g/mol. The summed E-state index contributed by atoms with van der Waals surface area (Å²) in [5.74, 6) is -1.37. The monoisotopic (exact) mass is 370 g/mol. The van der Waals surface area contributed by atoms with Crippen molar-refractivity contribution in [1.29, 1.82) is 0 Å². The zero-order valence-corrected chi connectivity index (χ0v) is 14.7. The molecular formula is C16H22N2O6S. The fourth-order valence-electron chi connectivity index (χ4n) is 2.32. The minimum absolute atomic E-state index is 0.0645. The Morgan fingerprint density at radius 2 is 2.08 bits per heavy atom. The van der Waals surface area contributed by atoms with E-state index in [4.69, 9.17) is 4.74 Å². The molecule has 0 radical (unpaired) electrons. The van der Waals surface area contributed by atoms with Gasteiger partial charge in [0.15, 0.2) is 0 Å². The van der Waals surface area contributed by atoms with Gasteiger partial charge >= 0.3 is 5.97 Å². The molecule has 1 aromatic rings. The van der Waals surface area contributed by atoms with Crippen LogP contribution in [0.15, 0.2) is 29.2 Å². The highest BCUT2D eigenvalue weighted by Crippen LogP contribution is 2.33. The molecule has 138 valence electrons. The van der Waals surface area contributed by atoms with Crippen LogP contribution >= 0.6 is 0 Å². The zero-order chi connectivity index (χ0) is 18.4. The molecule has 0 aliphatic heterocycles. The van der Waals surface area contributed by atoms with Gasteiger partial charge in [-0.2, -0.15) is 0 Å². The van der Waals surface area contributed by atoms with Crippen LogP contribution in [0.1, 0.15) is 29.6 Å². The van der Waals surface area contributed by atoms with Crippen molar-refractivity contribution in [3.63, 3.8) is 0 Å². The first-order valence-corrected chi connectivity index (χ1v) is 9.44. The van der Waals surface area contributed by atoms with Crippen molar-refractivity contribution in [2.45, 2.75) is 30.2 Å². The van der Waals surface area contributed by atoms with Crippen LogP contribution in [0, 0.1) is 5.92 Å². The van der Waals surface area contributed by atoms with E-state index in [1.54, 1.807) is 0 Å². The number of benzene rings is 1. The van der Waals surface area contributed by atoms with Crippen molar-refractivity contribution in [1.82, 2.24) is 10.0 Å². The molecule has 25 heavy (non-hydrogen) atoms.